The average Bonchev–Trinajstić information content (AvgIpc) is 3.44. The first kappa shape index (κ1) is 26.0. The molecule has 2 fully saturated rings. The SMILES string of the molecule is CCCN(CC(=O)Nc1ccc(N2CCN(C(=O)NC3CCCCC3)CC2)cc1)C(=O)c1cccs1. The smallest absolute Gasteiger partial charge is 0.317 e. The van der Waals surface area contributed by atoms with Crippen LogP contribution in [0.15, 0.2) is 41.8 Å². The lowest BCUT2D eigenvalue weighted by Crippen LogP contribution is -2.53. The minimum atomic E-state index is -0.210. The number of thiophene rings is 1. The highest BCUT2D eigenvalue weighted by Crippen LogP contribution is 2.21. The second-order valence-corrected chi connectivity index (χ2v) is 10.5. The topological polar surface area (TPSA) is 85.0 Å². The van der Waals surface area contributed by atoms with Crippen LogP contribution >= 0.6 is 11.3 Å². The molecule has 0 unspecified atom stereocenters. The number of hydrogen-bond donors (Lipinski definition) is 2. The van der Waals surface area contributed by atoms with Gasteiger partial charge in [-0.1, -0.05) is 32.3 Å². The number of carbonyl (C=O) groups is 3. The van der Waals surface area contributed by atoms with Crippen molar-refractivity contribution >= 4 is 40.6 Å². The molecule has 1 aromatic heterocycles. The van der Waals surface area contributed by atoms with Gasteiger partial charge in [0.25, 0.3) is 5.91 Å². The summed E-state index contributed by atoms with van der Waals surface area (Å²) in [5.74, 6) is -0.317. The molecule has 1 aliphatic heterocycles. The zero-order chi connectivity index (χ0) is 25.3. The van der Waals surface area contributed by atoms with Crippen LogP contribution in [0.5, 0.6) is 0 Å². The zero-order valence-electron chi connectivity index (χ0n) is 21.1. The molecule has 4 rings (SSSR count). The van der Waals surface area contributed by atoms with Crippen molar-refractivity contribution in [2.75, 3.05) is 49.5 Å². The molecule has 0 spiro atoms. The molecule has 36 heavy (non-hydrogen) atoms. The second-order valence-electron chi connectivity index (χ2n) is 9.56. The van der Waals surface area contributed by atoms with E-state index in [0.717, 1.165) is 38.0 Å². The van der Waals surface area contributed by atoms with E-state index in [1.165, 1.54) is 30.6 Å². The third-order valence-electron chi connectivity index (χ3n) is 6.86. The van der Waals surface area contributed by atoms with Crippen LogP contribution in [0.3, 0.4) is 0 Å². The largest absolute Gasteiger partial charge is 0.368 e. The predicted octanol–water partition coefficient (Wildman–Crippen LogP) is 4.40. The fraction of sp³-hybridized carbons (Fsp3) is 0.519. The van der Waals surface area contributed by atoms with E-state index in [0.29, 0.717) is 36.2 Å². The maximum atomic E-state index is 12.7. The van der Waals surface area contributed by atoms with Crippen LogP contribution < -0.4 is 15.5 Å². The Hall–Kier alpha value is -3.07. The molecule has 0 atom stereocenters. The molecular weight excluding hydrogens is 474 g/mol. The second kappa shape index (κ2) is 12.8. The predicted molar refractivity (Wildman–Crippen MR) is 145 cm³/mol. The van der Waals surface area contributed by atoms with E-state index in [1.807, 2.05) is 47.5 Å². The highest BCUT2D eigenvalue weighted by atomic mass is 32.1. The van der Waals surface area contributed by atoms with Gasteiger partial charge in [-0.15, -0.1) is 11.3 Å². The number of hydrogen-bond acceptors (Lipinski definition) is 5. The maximum absolute atomic E-state index is 12.7. The minimum Gasteiger partial charge on any atom is -0.368 e. The molecule has 4 amide bonds. The van der Waals surface area contributed by atoms with Gasteiger partial charge in [-0.25, -0.2) is 4.79 Å². The van der Waals surface area contributed by atoms with E-state index in [-0.39, 0.29) is 24.4 Å². The van der Waals surface area contributed by atoms with Crippen LogP contribution in [0, 0.1) is 0 Å². The van der Waals surface area contributed by atoms with Crippen LogP contribution in [0.4, 0.5) is 16.2 Å². The van der Waals surface area contributed by atoms with Gasteiger partial charge in [-0.05, 0) is 55.0 Å². The number of rotatable bonds is 8. The summed E-state index contributed by atoms with van der Waals surface area (Å²) >= 11 is 1.39. The molecule has 0 bridgehead atoms. The molecule has 1 aliphatic carbocycles. The van der Waals surface area contributed by atoms with Gasteiger partial charge in [0.15, 0.2) is 0 Å². The van der Waals surface area contributed by atoms with Gasteiger partial charge in [-0.3, -0.25) is 9.59 Å². The first-order chi connectivity index (χ1) is 17.5. The highest BCUT2D eigenvalue weighted by molar-refractivity contribution is 7.12. The van der Waals surface area contributed by atoms with E-state index in [4.69, 9.17) is 0 Å². The Bertz CT molecular complexity index is 997. The van der Waals surface area contributed by atoms with Crippen molar-refractivity contribution in [1.82, 2.24) is 15.1 Å². The van der Waals surface area contributed by atoms with Crippen molar-refractivity contribution in [3.05, 3.63) is 46.7 Å². The molecule has 194 valence electrons. The quantitative estimate of drug-likeness (QED) is 0.550. The number of nitrogens with zero attached hydrogens (tertiary/aromatic N) is 3. The number of carbonyl (C=O) groups excluding carboxylic acids is 3. The first-order valence-corrected chi connectivity index (χ1v) is 13.9. The van der Waals surface area contributed by atoms with E-state index in [1.54, 1.807) is 11.0 Å². The van der Waals surface area contributed by atoms with Gasteiger partial charge in [0, 0.05) is 50.1 Å². The average molecular weight is 512 g/mol. The first-order valence-electron chi connectivity index (χ1n) is 13.1. The number of benzene rings is 1. The Morgan fingerprint density at radius 2 is 1.72 bits per heavy atom. The molecule has 1 saturated carbocycles. The van der Waals surface area contributed by atoms with Crippen LogP contribution in [0.25, 0.3) is 0 Å². The van der Waals surface area contributed by atoms with Crippen molar-refractivity contribution in [2.45, 2.75) is 51.5 Å². The Balaban J connectivity index is 1.24. The van der Waals surface area contributed by atoms with Crippen molar-refractivity contribution in [3.63, 3.8) is 0 Å². The maximum Gasteiger partial charge on any atom is 0.317 e. The zero-order valence-corrected chi connectivity index (χ0v) is 21.9. The minimum absolute atomic E-state index is 0.0250. The molecule has 2 heterocycles. The molecule has 9 heteroatoms. The summed E-state index contributed by atoms with van der Waals surface area (Å²) in [7, 11) is 0. The molecule has 8 nitrogen and oxygen atoms in total. The number of anilines is 2. The Morgan fingerprint density at radius 3 is 2.36 bits per heavy atom. The summed E-state index contributed by atoms with van der Waals surface area (Å²) in [6, 6.07) is 11.8. The van der Waals surface area contributed by atoms with Gasteiger partial charge in [0.05, 0.1) is 4.88 Å². The lowest BCUT2D eigenvalue weighted by Gasteiger charge is -2.37. The Labute approximate surface area is 217 Å². The lowest BCUT2D eigenvalue weighted by molar-refractivity contribution is -0.116. The van der Waals surface area contributed by atoms with E-state index in [2.05, 4.69) is 15.5 Å². The Morgan fingerprint density at radius 1 is 1.00 bits per heavy atom. The summed E-state index contributed by atoms with van der Waals surface area (Å²) in [5, 5.41) is 7.99. The molecular formula is C27H37N5O3S. The van der Waals surface area contributed by atoms with Crippen molar-refractivity contribution in [3.8, 4) is 0 Å². The summed E-state index contributed by atoms with van der Waals surface area (Å²) < 4.78 is 0. The van der Waals surface area contributed by atoms with Crippen molar-refractivity contribution in [2.24, 2.45) is 0 Å². The highest BCUT2D eigenvalue weighted by Gasteiger charge is 2.24. The fourth-order valence-electron chi connectivity index (χ4n) is 4.89. The standard InChI is InChI=1S/C27H37N5O3S/c1-2-14-32(26(34)24-9-6-19-36-24)20-25(33)28-22-10-12-23(13-11-22)30-15-17-31(18-16-30)27(35)29-21-7-4-3-5-8-21/h6,9-13,19,21H,2-5,7-8,14-18,20H2,1H3,(H,28,33)(H,29,35). The molecule has 1 aromatic carbocycles. The normalized spacial score (nSPS) is 16.5. The number of nitrogens with one attached hydrogen (secondary N) is 2. The molecule has 2 N–H and O–H groups in total. The van der Waals surface area contributed by atoms with Crippen molar-refractivity contribution < 1.29 is 14.4 Å². The molecule has 2 aromatic rings. The summed E-state index contributed by atoms with van der Waals surface area (Å²) in [6.45, 7) is 5.51. The van der Waals surface area contributed by atoms with Crippen LogP contribution in [-0.2, 0) is 4.79 Å². The number of urea groups is 1. The number of amides is 4. The summed E-state index contributed by atoms with van der Waals surface area (Å²) in [4.78, 5) is 44.4. The van der Waals surface area contributed by atoms with E-state index < -0.39 is 0 Å². The lowest BCUT2D eigenvalue weighted by atomic mass is 9.96. The van der Waals surface area contributed by atoms with Gasteiger partial charge in [0.2, 0.25) is 5.91 Å². The van der Waals surface area contributed by atoms with Crippen LogP contribution in [-0.4, -0.2) is 73.0 Å². The number of piperazine rings is 1. The fourth-order valence-corrected chi connectivity index (χ4v) is 5.58. The van der Waals surface area contributed by atoms with E-state index in [9.17, 15) is 14.4 Å². The van der Waals surface area contributed by atoms with Gasteiger partial charge in [-0.2, -0.15) is 0 Å². The van der Waals surface area contributed by atoms with Gasteiger partial charge >= 0.3 is 6.03 Å². The van der Waals surface area contributed by atoms with Crippen LogP contribution in [0.1, 0.15) is 55.1 Å². The van der Waals surface area contributed by atoms with E-state index >= 15 is 0 Å². The van der Waals surface area contributed by atoms with Gasteiger partial charge < -0.3 is 25.3 Å². The monoisotopic (exact) mass is 511 g/mol. The third-order valence-corrected chi connectivity index (χ3v) is 7.72. The van der Waals surface area contributed by atoms with Gasteiger partial charge in [0.1, 0.15) is 6.54 Å². The summed E-state index contributed by atoms with van der Waals surface area (Å²) in [5.41, 5.74) is 1.77. The molecule has 1 saturated heterocycles. The van der Waals surface area contributed by atoms with Crippen molar-refractivity contribution in [1.29, 1.82) is 0 Å². The Kier molecular flexibility index (Phi) is 9.22. The molecule has 0 radical (unpaired) electrons. The third kappa shape index (κ3) is 7.00. The molecule has 2 aliphatic rings. The summed E-state index contributed by atoms with van der Waals surface area (Å²) in [6.07, 6.45) is 6.67. The van der Waals surface area contributed by atoms with Crippen LogP contribution in [0.2, 0.25) is 0 Å².